The number of alkyl carbamates (subject to hydrolysis) is 1. The average molecular weight is 400 g/mol. The fourth-order valence-electron chi connectivity index (χ4n) is 2.87. The van der Waals surface area contributed by atoms with Gasteiger partial charge in [-0.05, 0) is 18.3 Å². The molecule has 0 rings (SSSR count). The molecule has 0 heterocycles. The number of carbonyl (C=O) groups excluding carboxylic acids is 2. The summed E-state index contributed by atoms with van der Waals surface area (Å²) in [6.45, 7) is 10.9. The molecule has 0 bridgehead atoms. The first-order chi connectivity index (χ1) is 13.3. The van der Waals surface area contributed by atoms with E-state index in [9.17, 15) is 9.59 Å². The Morgan fingerprint density at radius 3 is 1.82 bits per heavy atom. The first-order valence-corrected chi connectivity index (χ1v) is 11.4. The van der Waals surface area contributed by atoms with Gasteiger partial charge < -0.3 is 14.8 Å². The van der Waals surface area contributed by atoms with E-state index in [1.165, 1.54) is 51.4 Å². The van der Waals surface area contributed by atoms with Gasteiger partial charge in [-0.1, -0.05) is 98.8 Å². The van der Waals surface area contributed by atoms with Crippen LogP contribution in [0.2, 0.25) is 0 Å². The molecule has 0 fully saturated rings. The molecule has 0 saturated carbocycles. The zero-order chi connectivity index (χ0) is 21.3. The molecule has 0 aromatic carbocycles. The van der Waals surface area contributed by atoms with Crippen molar-refractivity contribution in [2.45, 2.75) is 118 Å². The van der Waals surface area contributed by atoms with E-state index in [-0.39, 0.29) is 11.4 Å². The highest BCUT2D eigenvalue weighted by Crippen LogP contribution is 2.13. The van der Waals surface area contributed by atoms with Crippen molar-refractivity contribution in [1.29, 1.82) is 0 Å². The van der Waals surface area contributed by atoms with Crippen LogP contribution < -0.4 is 5.32 Å². The Balaban J connectivity index is 3.85. The minimum atomic E-state index is -0.624. The quantitative estimate of drug-likeness (QED) is 0.241. The molecule has 1 unspecified atom stereocenters. The van der Waals surface area contributed by atoms with Crippen molar-refractivity contribution in [1.82, 2.24) is 5.32 Å². The van der Waals surface area contributed by atoms with Gasteiger partial charge in [-0.15, -0.1) is 0 Å². The summed E-state index contributed by atoms with van der Waals surface area (Å²) in [4.78, 5) is 24.1. The molecule has 5 heteroatoms. The van der Waals surface area contributed by atoms with Gasteiger partial charge in [0.2, 0.25) is 0 Å². The Kier molecular flexibility index (Phi) is 15.9. The Labute approximate surface area is 173 Å². The SMILES string of the molecule is CCCCCCCCCCCCOC(=O)C(CCC)NC(=O)OCC(C)(C)C. The summed E-state index contributed by atoms with van der Waals surface area (Å²) in [7, 11) is 0. The van der Waals surface area contributed by atoms with Crippen LogP contribution in [0, 0.1) is 5.41 Å². The van der Waals surface area contributed by atoms with Crippen LogP contribution in [-0.2, 0) is 14.3 Å². The molecular weight excluding hydrogens is 354 g/mol. The van der Waals surface area contributed by atoms with Crippen molar-refractivity contribution in [2.75, 3.05) is 13.2 Å². The first kappa shape index (κ1) is 26.7. The lowest BCUT2D eigenvalue weighted by molar-refractivity contribution is -0.146. The van der Waals surface area contributed by atoms with Crippen LogP contribution in [0.3, 0.4) is 0 Å². The van der Waals surface area contributed by atoms with Gasteiger partial charge in [0.05, 0.1) is 13.2 Å². The minimum absolute atomic E-state index is 0.104. The van der Waals surface area contributed by atoms with E-state index in [1.54, 1.807) is 0 Å². The number of hydrogen-bond acceptors (Lipinski definition) is 4. The molecule has 0 aliphatic rings. The summed E-state index contributed by atoms with van der Waals surface area (Å²) >= 11 is 0. The number of carbonyl (C=O) groups is 2. The maximum atomic E-state index is 12.2. The smallest absolute Gasteiger partial charge is 0.407 e. The fraction of sp³-hybridized carbons (Fsp3) is 0.913. The standard InChI is InChI=1S/C23H45NO4/c1-6-8-9-10-11-12-13-14-15-16-18-27-21(25)20(17-7-2)24-22(26)28-19-23(3,4)5/h20H,6-19H2,1-5H3,(H,24,26). The van der Waals surface area contributed by atoms with Crippen LogP contribution in [0.4, 0.5) is 4.79 Å². The highest BCUT2D eigenvalue weighted by Gasteiger charge is 2.23. The monoisotopic (exact) mass is 399 g/mol. The Morgan fingerprint density at radius 2 is 1.32 bits per heavy atom. The molecular formula is C23H45NO4. The largest absolute Gasteiger partial charge is 0.464 e. The van der Waals surface area contributed by atoms with E-state index in [1.807, 2.05) is 27.7 Å². The van der Waals surface area contributed by atoms with Gasteiger partial charge in [0, 0.05) is 0 Å². The van der Waals surface area contributed by atoms with Gasteiger partial charge in [0.15, 0.2) is 0 Å². The zero-order valence-electron chi connectivity index (χ0n) is 19.1. The van der Waals surface area contributed by atoms with Crippen LogP contribution in [0.1, 0.15) is 112 Å². The van der Waals surface area contributed by atoms with E-state index in [2.05, 4.69) is 12.2 Å². The number of nitrogens with one attached hydrogen (secondary N) is 1. The third kappa shape index (κ3) is 16.9. The molecule has 0 aromatic rings. The Hall–Kier alpha value is -1.26. The molecule has 166 valence electrons. The van der Waals surface area contributed by atoms with E-state index in [4.69, 9.17) is 9.47 Å². The maximum absolute atomic E-state index is 12.2. The number of unbranched alkanes of at least 4 members (excludes halogenated alkanes) is 9. The summed E-state index contributed by atoms with van der Waals surface area (Å²) in [6, 6.07) is -0.624. The molecule has 28 heavy (non-hydrogen) atoms. The second kappa shape index (κ2) is 16.7. The van der Waals surface area contributed by atoms with Crippen molar-refractivity contribution >= 4 is 12.1 Å². The Morgan fingerprint density at radius 1 is 0.786 bits per heavy atom. The van der Waals surface area contributed by atoms with E-state index >= 15 is 0 Å². The highest BCUT2D eigenvalue weighted by molar-refractivity contribution is 5.81. The molecule has 0 aliphatic carbocycles. The predicted molar refractivity (Wildman–Crippen MR) is 115 cm³/mol. The van der Waals surface area contributed by atoms with Crippen molar-refractivity contribution < 1.29 is 19.1 Å². The molecule has 0 radical (unpaired) electrons. The van der Waals surface area contributed by atoms with Crippen molar-refractivity contribution in [3.05, 3.63) is 0 Å². The second-order valence-electron chi connectivity index (χ2n) is 8.97. The third-order valence-electron chi connectivity index (χ3n) is 4.53. The Bertz CT molecular complexity index is 404. The van der Waals surface area contributed by atoms with Crippen LogP contribution in [0.15, 0.2) is 0 Å². The van der Waals surface area contributed by atoms with Crippen LogP contribution >= 0.6 is 0 Å². The number of hydrogen-bond donors (Lipinski definition) is 1. The lowest BCUT2D eigenvalue weighted by Gasteiger charge is -2.20. The topological polar surface area (TPSA) is 64.6 Å². The van der Waals surface area contributed by atoms with Crippen molar-refractivity contribution in [3.63, 3.8) is 0 Å². The van der Waals surface area contributed by atoms with Gasteiger partial charge in [0.25, 0.3) is 0 Å². The minimum Gasteiger partial charge on any atom is -0.464 e. The van der Waals surface area contributed by atoms with Gasteiger partial charge in [-0.3, -0.25) is 0 Å². The zero-order valence-corrected chi connectivity index (χ0v) is 19.1. The van der Waals surface area contributed by atoms with Gasteiger partial charge >= 0.3 is 12.1 Å². The predicted octanol–water partition coefficient (Wildman–Crippen LogP) is 6.39. The molecule has 0 aliphatic heterocycles. The number of amides is 1. The number of rotatable bonds is 16. The van der Waals surface area contributed by atoms with Crippen LogP contribution in [0.25, 0.3) is 0 Å². The second-order valence-corrected chi connectivity index (χ2v) is 8.97. The van der Waals surface area contributed by atoms with Crippen molar-refractivity contribution in [2.24, 2.45) is 5.41 Å². The lowest BCUT2D eigenvalue weighted by atomic mass is 9.99. The molecule has 0 aromatic heterocycles. The van der Waals surface area contributed by atoms with Crippen molar-refractivity contribution in [3.8, 4) is 0 Å². The molecule has 0 saturated heterocycles. The van der Waals surface area contributed by atoms with E-state index in [0.717, 1.165) is 19.3 Å². The number of ether oxygens (including phenoxy) is 2. The third-order valence-corrected chi connectivity index (χ3v) is 4.53. The maximum Gasteiger partial charge on any atom is 0.407 e. The first-order valence-electron chi connectivity index (χ1n) is 11.4. The molecule has 1 N–H and O–H groups in total. The van der Waals surface area contributed by atoms with Crippen LogP contribution in [0.5, 0.6) is 0 Å². The van der Waals surface area contributed by atoms with Gasteiger partial charge in [-0.25, -0.2) is 9.59 Å². The summed E-state index contributed by atoms with van der Waals surface area (Å²) in [5.41, 5.74) is -0.104. The molecule has 5 nitrogen and oxygen atoms in total. The normalized spacial score (nSPS) is 12.5. The summed E-state index contributed by atoms with van der Waals surface area (Å²) in [5.74, 6) is -0.356. The lowest BCUT2D eigenvalue weighted by Crippen LogP contribution is -2.42. The number of esters is 1. The highest BCUT2D eigenvalue weighted by atomic mass is 16.6. The molecule has 1 atom stereocenters. The van der Waals surface area contributed by atoms with Gasteiger partial charge in [-0.2, -0.15) is 0 Å². The van der Waals surface area contributed by atoms with Crippen LogP contribution in [-0.4, -0.2) is 31.3 Å². The molecule has 1 amide bonds. The summed E-state index contributed by atoms with van der Waals surface area (Å²) in [5, 5.41) is 2.64. The van der Waals surface area contributed by atoms with E-state index in [0.29, 0.717) is 19.6 Å². The molecule has 0 spiro atoms. The summed E-state index contributed by atoms with van der Waals surface area (Å²) < 4.78 is 10.6. The average Bonchev–Trinajstić information content (AvgIpc) is 2.63. The van der Waals surface area contributed by atoms with Gasteiger partial charge in [0.1, 0.15) is 6.04 Å². The fourth-order valence-corrected chi connectivity index (χ4v) is 2.87. The van der Waals surface area contributed by atoms with E-state index < -0.39 is 12.1 Å². The summed E-state index contributed by atoms with van der Waals surface area (Å²) in [6.07, 6.45) is 13.2.